The SMILES string of the molecule is CCN1CCN(CC)CCN(CC(O)CN(CCOCCOCCO)CCN(CCOCCOCCO)CC(O)CN2CCN(CC)CCN(CC)CCN(CC)CC2)CCN(CC)CC1. The number of ether oxygens (including phenoxy) is 4. The molecule has 2 aliphatic heterocycles. The Morgan fingerprint density at radius 2 is 0.561 bits per heavy atom. The summed E-state index contributed by atoms with van der Waals surface area (Å²) in [6.45, 7) is 44.2. The normalized spacial score (nSPS) is 20.4. The molecule has 0 amide bonds. The molecule has 2 saturated heterocycles. The second kappa shape index (κ2) is 41.0. The lowest BCUT2D eigenvalue weighted by atomic mass is 10.2. The van der Waals surface area contributed by atoms with Gasteiger partial charge >= 0.3 is 0 Å². The molecule has 18 heteroatoms. The van der Waals surface area contributed by atoms with Gasteiger partial charge in [0.2, 0.25) is 0 Å². The van der Waals surface area contributed by atoms with E-state index in [4.69, 9.17) is 29.2 Å². The molecule has 2 heterocycles. The summed E-state index contributed by atoms with van der Waals surface area (Å²) in [6.07, 6.45) is -1.09. The zero-order valence-corrected chi connectivity index (χ0v) is 43.3. The summed E-state index contributed by atoms with van der Waals surface area (Å²) in [7, 11) is 0. The van der Waals surface area contributed by atoms with Gasteiger partial charge in [0.05, 0.1) is 78.3 Å². The van der Waals surface area contributed by atoms with E-state index >= 15 is 0 Å². The predicted molar refractivity (Wildman–Crippen MR) is 268 cm³/mol. The maximum Gasteiger partial charge on any atom is 0.0793 e. The van der Waals surface area contributed by atoms with Gasteiger partial charge < -0.3 is 68.8 Å². The van der Waals surface area contributed by atoms with Gasteiger partial charge in [0.1, 0.15) is 0 Å². The van der Waals surface area contributed by atoms with Crippen LogP contribution < -0.4 is 0 Å². The summed E-state index contributed by atoms with van der Waals surface area (Å²) in [5.74, 6) is 0. The molecule has 394 valence electrons. The van der Waals surface area contributed by atoms with Crippen LogP contribution in [0.2, 0.25) is 0 Å². The number of rotatable bonds is 33. The van der Waals surface area contributed by atoms with Crippen molar-refractivity contribution in [2.45, 2.75) is 53.8 Å². The van der Waals surface area contributed by atoms with E-state index in [1.807, 2.05) is 0 Å². The van der Waals surface area contributed by atoms with Crippen LogP contribution in [0.1, 0.15) is 41.5 Å². The first kappa shape index (κ1) is 61.4. The molecule has 2 fully saturated rings. The molecule has 0 aromatic rings. The van der Waals surface area contributed by atoms with Gasteiger partial charge in [-0.1, -0.05) is 41.5 Å². The predicted octanol–water partition coefficient (Wildman–Crippen LogP) is -1.07. The second-order valence-electron chi connectivity index (χ2n) is 18.0. The van der Waals surface area contributed by atoms with Crippen LogP contribution in [0.25, 0.3) is 0 Å². The van der Waals surface area contributed by atoms with Crippen LogP contribution in [0.15, 0.2) is 0 Å². The molecule has 18 nitrogen and oxygen atoms in total. The van der Waals surface area contributed by atoms with Crippen molar-refractivity contribution in [1.82, 2.24) is 49.0 Å². The smallest absolute Gasteiger partial charge is 0.0793 e. The fraction of sp³-hybridized carbons (Fsp3) is 1.00. The Labute approximate surface area is 403 Å². The number of nitrogens with zero attached hydrogens (tertiary/aromatic N) is 10. The average molecular weight is 949 g/mol. The van der Waals surface area contributed by atoms with Crippen LogP contribution in [0.3, 0.4) is 0 Å². The van der Waals surface area contributed by atoms with E-state index in [-0.39, 0.29) is 13.2 Å². The minimum absolute atomic E-state index is 0.00807. The van der Waals surface area contributed by atoms with Crippen molar-refractivity contribution in [3.05, 3.63) is 0 Å². The molecule has 2 atom stereocenters. The van der Waals surface area contributed by atoms with E-state index in [1.54, 1.807) is 0 Å². The first-order chi connectivity index (χ1) is 32.2. The highest BCUT2D eigenvalue weighted by atomic mass is 16.5. The van der Waals surface area contributed by atoms with E-state index in [1.165, 1.54) is 0 Å². The molecule has 0 aromatic carbocycles. The van der Waals surface area contributed by atoms with E-state index in [0.29, 0.717) is 105 Å². The van der Waals surface area contributed by atoms with E-state index in [2.05, 4.69) is 90.5 Å². The molecule has 0 saturated carbocycles. The lowest BCUT2D eigenvalue weighted by Gasteiger charge is -2.35. The molecule has 0 spiro atoms. The van der Waals surface area contributed by atoms with Crippen LogP contribution in [0, 0.1) is 0 Å². The zero-order chi connectivity index (χ0) is 48.0. The minimum atomic E-state index is -0.544. The van der Waals surface area contributed by atoms with Gasteiger partial charge in [0, 0.05) is 157 Å². The van der Waals surface area contributed by atoms with Crippen LogP contribution in [-0.4, -0.2) is 344 Å². The van der Waals surface area contributed by atoms with Crippen molar-refractivity contribution in [3.63, 3.8) is 0 Å². The fourth-order valence-corrected chi connectivity index (χ4v) is 8.76. The quantitative estimate of drug-likeness (QED) is 0.0592. The minimum Gasteiger partial charge on any atom is -0.394 e. The monoisotopic (exact) mass is 949 g/mol. The number of hydrogen-bond acceptors (Lipinski definition) is 18. The third-order valence-electron chi connectivity index (χ3n) is 13.5. The summed E-state index contributed by atoms with van der Waals surface area (Å²) in [5.41, 5.74) is 0. The van der Waals surface area contributed by atoms with Gasteiger partial charge in [-0.25, -0.2) is 0 Å². The maximum absolute atomic E-state index is 11.8. The van der Waals surface area contributed by atoms with E-state index < -0.39 is 12.2 Å². The molecular weight excluding hydrogens is 845 g/mol. The Morgan fingerprint density at radius 3 is 0.788 bits per heavy atom. The fourth-order valence-electron chi connectivity index (χ4n) is 8.76. The van der Waals surface area contributed by atoms with Gasteiger partial charge in [0.25, 0.3) is 0 Å². The van der Waals surface area contributed by atoms with Crippen molar-refractivity contribution in [2.24, 2.45) is 0 Å². The highest BCUT2D eigenvalue weighted by Crippen LogP contribution is 2.07. The van der Waals surface area contributed by atoms with Crippen molar-refractivity contribution >= 4 is 0 Å². The van der Waals surface area contributed by atoms with E-state index in [0.717, 1.165) is 144 Å². The molecule has 2 rings (SSSR count). The topological polar surface area (TPSA) is 150 Å². The number of aliphatic hydroxyl groups is 4. The molecule has 0 radical (unpaired) electrons. The number of likely N-dealkylation sites (N-methyl/N-ethyl adjacent to an activating group) is 6. The Hall–Kier alpha value is -0.720. The standard InChI is InChI=1S/C48H104N10O8/c1-7-49-13-17-51(9-3)21-25-55(26-22-52(10-4)18-14-49)43-47(61)45-57(31-35-63-39-41-65-37-33-59)29-30-58(32-36-64-40-42-66-38-34-60)46-48(62)44-56-27-23-53(11-5)19-15-50(8-2)16-20-54(12-6)24-28-56/h47-48,59-62H,7-46H2,1-6H3. The Morgan fingerprint density at radius 1 is 0.333 bits per heavy atom. The molecular formula is C48H104N10O8. The molecule has 0 aromatic heterocycles. The van der Waals surface area contributed by atoms with Crippen LogP contribution in [0.5, 0.6) is 0 Å². The molecule has 4 N–H and O–H groups in total. The number of β-amino-alcohol motifs (C(OH)–C–C–N with tert-alkyl or cyclic N) is 2. The lowest BCUT2D eigenvalue weighted by molar-refractivity contribution is 0.00832. The maximum atomic E-state index is 11.8. The van der Waals surface area contributed by atoms with Gasteiger partial charge in [-0.05, 0) is 39.3 Å². The second-order valence-corrected chi connectivity index (χ2v) is 18.0. The van der Waals surface area contributed by atoms with Crippen LogP contribution in [0.4, 0.5) is 0 Å². The molecule has 66 heavy (non-hydrogen) atoms. The van der Waals surface area contributed by atoms with Crippen LogP contribution in [-0.2, 0) is 18.9 Å². The Balaban J connectivity index is 2.19. The molecule has 2 unspecified atom stereocenters. The first-order valence-electron chi connectivity index (χ1n) is 26.3. The first-order valence-corrected chi connectivity index (χ1v) is 26.3. The summed E-state index contributed by atoms with van der Waals surface area (Å²) in [4.78, 5) is 24.9. The number of aliphatic hydroxyl groups excluding tert-OH is 4. The number of hydrogen-bond donors (Lipinski definition) is 4. The van der Waals surface area contributed by atoms with Crippen molar-refractivity contribution in [3.8, 4) is 0 Å². The molecule has 2 aliphatic rings. The zero-order valence-electron chi connectivity index (χ0n) is 43.3. The lowest BCUT2D eigenvalue weighted by Crippen LogP contribution is -2.50. The Bertz CT molecular complexity index is 965. The van der Waals surface area contributed by atoms with Crippen molar-refractivity contribution in [1.29, 1.82) is 0 Å². The van der Waals surface area contributed by atoms with E-state index in [9.17, 15) is 10.2 Å². The van der Waals surface area contributed by atoms with Gasteiger partial charge in [-0.2, -0.15) is 0 Å². The summed E-state index contributed by atoms with van der Waals surface area (Å²) in [6, 6.07) is 0. The van der Waals surface area contributed by atoms with Crippen LogP contribution >= 0.6 is 0 Å². The van der Waals surface area contributed by atoms with Crippen molar-refractivity contribution < 1.29 is 39.4 Å². The van der Waals surface area contributed by atoms with Gasteiger partial charge in [-0.3, -0.25) is 19.6 Å². The summed E-state index contributed by atoms with van der Waals surface area (Å²) >= 11 is 0. The largest absolute Gasteiger partial charge is 0.394 e. The third-order valence-corrected chi connectivity index (χ3v) is 13.5. The highest BCUT2D eigenvalue weighted by molar-refractivity contribution is 4.78. The molecule has 0 bridgehead atoms. The summed E-state index contributed by atoms with van der Waals surface area (Å²) in [5, 5.41) is 41.8. The summed E-state index contributed by atoms with van der Waals surface area (Å²) < 4.78 is 22.8. The highest BCUT2D eigenvalue weighted by Gasteiger charge is 2.22. The van der Waals surface area contributed by atoms with Crippen molar-refractivity contribution in [2.75, 3.05) is 262 Å². The Kier molecular flexibility index (Phi) is 38.1. The molecule has 0 aliphatic carbocycles. The van der Waals surface area contributed by atoms with Gasteiger partial charge in [0.15, 0.2) is 0 Å². The third kappa shape index (κ3) is 30.1. The average Bonchev–Trinajstić information content (AvgIpc) is 3.31. The van der Waals surface area contributed by atoms with Gasteiger partial charge in [-0.15, -0.1) is 0 Å².